The summed E-state index contributed by atoms with van der Waals surface area (Å²) in [5.74, 6) is -0.352. The molecule has 2 aliphatic rings. The number of carbonyl (C=O) groups is 1. The minimum atomic E-state index is -0.723. The van der Waals surface area contributed by atoms with E-state index in [0.717, 1.165) is 36.8 Å². The predicted octanol–water partition coefficient (Wildman–Crippen LogP) is 3.68. The molecule has 2 N–H and O–H groups in total. The molecule has 4 rings (SSSR count). The molecule has 1 spiro atoms. The summed E-state index contributed by atoms with van der Waals surface area (Å²) in [6, 6.07) is 13.7. The molecule has 1 heterocycles. The highest BCUT2D eigenvalue weighted by molar-refractivity contribution is 6.00. The van der Waals surface area contributed by atoms with Crippen molar-refractivity contribution >= 4 is 11.6 Å². The lowest BCUT2D eigenvalue weighted by atomic mass is 9.80. The van der Waals surface area contributed by atoms with Crippen molar-refractivity contribution in [3.8, 4) is 0 Å². The number of rotatable bonds is 2. The first kappa shape index (κ1) is 15.3. The lowest BCUT2D eigenvalue weighted by molar-refractivity contribution is -0.120. The number of nitrogens with zero attached hydrogens (tertiary/aromatic N) is 1. The van der Waals surface area contributed by atoms with Crippen molar-refractivity contribution < 1.29 is 9.18 Å². The van der Waals surface area contributed by atoms with E-state index in [1.54, 1.807) is 11.0 Å². The molecule has 0 aromatic heterocycles. The summed E-state index contributed by atoms with van der Waals surface area (Å²) in [5, 5.41) is 0. The maximum Gasteiger partial charge on any atom is 0.248 e. The van der Waals surface area contributed by atoms with Gasteiger partial charge in [0, 0.05) is 17.5 Å². The third-order valence-corrected chi connectivity index (χ3v) is 5.52. The molecule has 0 bridgehead atoms. The third kappa shape index (κ3) is 2.25. The maximum atomic E-state index is 14.6. The Kier molecular flexibility index (Phi) is 3.65. The molecule has 2 aromatic rings. The summed E-state index contributed by atoms with van der Waals surface area (Å²) in [5.41, 5.74) is 8.19. The van der Waals surface area contributed by atoms with Crippen molar-refractivity contribution in [3.05, 3.63) is 65.5 Å². The van der Waals surface area contributed by atoms with E-state index in [-0.39, 0.29) is 17.1 Å². The summed E-state index contributed by atoms with van der Waals surface area (Å²) in [4.78, 5) is 14.7. The Morgan fingerprint density at radius 2 is 1.79 bits per heavy atom. The zero-order valence-corrected chi connectivity index (χ0v) is 13.5. The number of halogens is 1. The van der Waals surface area contributed by atoms with Gasteiger partial charge in [-0.15, -0.1) is 0 Å². The molecule has 1 fully saturated rings. The summed E-state index contributed by atoms with van der Waals surface area (Å²) in [6.45, 7) is 0.544. The summed E-state index contributed by atoms with van der Waals surface area (Å²) in [6.07, 6.45) is 4.04. The van der Waals surface area contributed by atoms with Crippen LogP contribution in [-0.4, -0.2) is 12.5 Å². The van der Waals surface area contributed by atoms with Gasteiger partial charge in [-0.05, 0) is 30.5 Å². The SMILES string of the molecule is NC(C(=O)N1CC2(CCCC2)c2c(F)cccc21)c1ccccc1. The number of fused-ring (bicyclic) bond motifs is 2. The number of hydrogen-bond acceptors (Lipinski definition) is 2. The van der Waals surface area contributed by atoms with Crippen LogP contribution in [0.4, 0.5) is 10.1 Å². The fourth-order valence-electron chi connectivity index (χ4n) is 4.36. The van der Waals surface area contributed by atoms with Crippen LogP contribution in [0.25, 0.3) is 0 Å². The molecule has 3 nitrogen and oxygen atoms in total. The fourth-order valence-corrected chi connectivity index (χ4v) is 4.36. The molecular formula is C20H21FN2O. The number of benzene rings is 2. The topological polar surface area (TPSA) is 46.3 Å². The highest BCUT2D eigenvalue weighted by atomic mass is 19.1. The summed E-state index contributed by atoms with van der Waals surface area (Å²) < 4.78 is 14.6. The van der Waals surface area contributed by atoms with Crippen LogP contribution in [0.15, 0.2) is 48.5 Å². The van der Waals surface area contributed by atoms with Crippen molar-refractivity contribution in [2.45, 2.75) is 37.1 Å². The highest BCUT2D eigenvalue weighted by Gasteiger charge is 2.48. The van der Waals surface area contributed by atoms with Gasteiger partial charge in [-0.1, -0.05) is 49.2 Å². The average molecular weight is 324 g/mol. The van der Waals surface area contributed by atoms with E-state index in [9.17, 15) is 9.18 Å². The lowest BCUT2D eigenvalue weighted by Crippen LogP contribution is -2.41. The Hall–Kier alpha value is -2.20. The van der Waals surface area contributed by atoms with Gasteiger partial charge in [-0.3, -0.25) is 4.79 Å². The second kappa shape index (κ2) is 5.71. The van der Waals surface area contributed by atoms with E-state index in [1.807, 2.05) is 36.4 Å². The summed E-state index contributed by atoms with van der Waals surface area (Å²) in [7, 11) is 0. The molecule has 1 aliphatic carbocycles. The molecule has 4 heteroatoms. The van der Waals surface area contributed by atoms with Crippen LogP contribution in [0.1, 0.15) is 42.9 Å². The maximum absolute atomic E-state index is 14.6. The Bertz CT molecular complexity index is 768. The quantitative estimate of drug-likeness (QED) is 0.916. The Morgan fingerprint density at radius 3 is 2.50 bits per heavy atom. The minimum Gasteiger partial charge on any atom is -0.316 e. The number of amides is 1. The number of anilines is 1. The first-order chi connectivity index (χ1) is 11.6. The molecule has 1 aliphatic heterocycles. The van der Waals surface area contributed by atoms with Gasteiger partial charge in [-0.25, -0.2) is 4.39 Å². The second-order valence-electron chi connectivity index (χ2n) is 6.93. The smallest absolute Gasteiger partial charge is 0.248 e. The van der Waals surface area contributed by atoms with Crippen molar-refractivity contribution in [1.29, 1.82) is 0 Å². The van der Waals surface area contributed by atoms with E-state index in [2.05, 4.69) is 0 Å². The van der Waals surface area contributed by atoms with Crippen LogP contribution in [0.2, 0.25) is 0 Å². The average Bonchev–Trinajstić information content (AvgIpc) is 3.21. The van der Waals surface area contributed by atoms with Gasteiger partial charge in [0.1, 0.15) is 11.9 Å². The molecule has 1 saturated carbocycles. The molecule has 1 atom stereocenters. The molecule has 24 heavy (non-hydrogen) atoms. The normalized spacial score (nSPS) is 19.5. The molecule has 0 radical (unpaired) electrons. The zero-order chi connectivity index (χ0) is 16.7. The van der Waals surface area contributed by atoms with Crippen LogP contribution in [0.5, 0.6) is 0 Å². The van der Waals surface area contributed by atoms with Gasteiger partial charge in [0.2, 0.25) is 5.91 Å². The van der Waals surface area contributed by atoms with E-state index in [0.29, 0.717) is 12.2 Å². The first-order valence-electron chi connectivity index (χ1n) is 8.53. The van der Waals surface area contributed by atoms with Crippen LogP contribution >= 0.6 is 0 Å². The number of carbonyl (C=O) groups excluding carboxylic acids is 1. The van der Waals surface area contributed by atoms with Gasteiger partial charge in [0.15, 0.2) is 0 Å². The predicted molar refractivity (Wildman–Crippen MR) is 92.3 cm³/mol. The standard InChI is InChI=1S/C20H21FN2O/c21-15-9-6-10-16-17(15)20(11-4-5-12-20)13-23(16)19(24)18(22)14-7-2-1-3-8-14/h1-3,6-10,18H,4-5,11-13,22H2. The molecular weight excluding hydrogens is 303 g/mol. The Labute approximate surface area is 141 Å². The van der Waals surface area contributed by atoms with Crippen molar-refractivity contribution in [2.24, 2.45) is 5.73 Å². The van der Waals surface area contributed by atoms with Crippen molar-refractivity contribution in [2.75, 3.05) is 11.4 Å². The van der Waals surface area contributed by atoms with Gasteiger partial charge in [-0.2, -0.15) is 0 Å². The molecule has 2 aromatic carbocycles. The van der Waals surface area contributed by atoms with Crippen molar-refractivity contribution in [1.82, 2.24) is 0 Å². The van der Waals surface area contributed by atoms with Crippen LogP contribution < -0.4 is 10.6 Å². The number of hydrogen-bond donors (Lipinski definition) is 1. The van der Waals surface area contributed by atoms with Crippen LogP contribution in [0, 0.1) is 5.82 Å². The van der Waals surface area contributed by atoms with E-state index in [4.69, 9.17) is 5.73 Å². The molecule has 124 valence electrons. The van der Waals surface area contributed by atoms with E-state index >= 15 is 0 Å². The molecule has 1 amide bonds. The van der Waals surface area contributed by atoms with Crippen LogP contribution in [0.3, 0.4) is 0 Å². The third-order valence-electron chi connectivity index (χ3n) is 5.52. The largest absolute Gasteiger partial charge is 0.316 e. The lowest BCUT2D eigenvalue weighted by Gasteiger charge is -2.26. The van der Waals surface area contributed by atoms with Crippen molar-refractivity contribution in [3.63, 3.8) is 0 Å². The Balaban J connectivity index is 1.73. The highest BCUT2D eigenvalue weighted by Crippen LogP contribution is 2.51. The van der Waals surface area contributed by atoms with E-state index in [1.165, 1.54) is 6.07 Å². The van der Waals surface area contributed by atoms with Gasteiger partial charge in [0.25, 0.3) is 0 Å². The first-order valence-corrected chi connectivity index (χ1v) is 8.53. The van der Waals surface area contributed by atoms with Gasteiger partial charge in [0.05, 0.1) is 5.69 Å². The molecule has 0 saturated heterocycles. The van der Waals surface area contributed by atoms with Gasteiger partial charge >= 0.3 is 0 Å². The zero-order valence-electron chi connectivity index (χ0n) is 13.5. The Morgan fingerprint density at radius 1 is 1.08 bits per heavy atom. The fraction of sp³-hybridized carbons (Fsp3) is 0.350. The summed E-state index contributed by atoms with van der Waals surface area (Å²) >= 11 is 0. The molecule has 1 unspecified atom stereocenters. The van der Waals surface area contributed by atoms with Gasteiger partial charge < -0.3 is 10.6 Å². The monoisotopic (exact) mass is 324 g/mol. The second-order valence-corrected chi connectivity index (χ2v) is 6.93. The van der Waals surface area contributed by atoms with E-state index < -0.39 is 6.04 Å². The minimum absolute atomic E-state index is 0.156. The van der Waals surface area contributed by atoms with Crippen LogP contribution in [-0.2, 0) is 10.2 Å². The number of nitrogens with two attached hydrogens (primary N) is 1.